The van der Waals surface area contributed by atoms with Gasteiger partial charge in [0, 0.05) is 13.1 Å². The molecule has 0 radical (unpaired) electrons. The molecule has 0 bridgehead atoms. The summed E-state index contributed by atoms with van der Waals surface area (Å²) < 4.78 is 27.9. The van der Waals surface area contributed by atoms with E-state index in [1.807, 2.05) is 28.9 Å². The van der Waals surface area contributed by atoms with E-state index in [2.05, 4.69) is 36.4 Å². The van der Waals surface area contributed by atoms with Crippen LogP contribution in [-0.2, 0) is 15.4 Å². The summed E-state index contributed by atoms with van der Waals surface area (Å²) in [7, 11) is -3.40. The van der Waals surface area contributed by atoms with Crippen molar-refractivity contribution < 1.29 is 13.2 Å². The van der Waals surface area contributed by atoms with Gasteiger partial charge in [-0.05, 0) is 50.8 Å². The van der Waals surface area contributed by atoms with Crippen molar-refractivity contribution >= 4 is 21.6 Å². The molecule has 8 heteroatoms. The fourth-order valence-corrected chi connectivity index (χ4v) is 6.89. The highest BCUT2D eigenvalue weighted by Gasteiger charge is 2.38. The van der Waals surface area contributed by atoms with Gasteiger partial charge in [0.15, 0.2) is 9.84 Å². The number of hydrogen-bond donors (Lipinski definition) is 1. The van der Waals surface area contributed by atoms with Gasteiger partial charge in [0.2, 0.25) is 0 Å². The molecular weight excluding hydrogens is 448 g/mol. The van der Waals surface area contributed by atoms with Crippen LogP contribution in [0.2, 0.25) is 0 Å². The lowest BCUT2D eigenvalue weighted by Gasteiger charge is -2.39. The second-order valence-corrected chi connectivity index (χ2v) is 12.0. The number of anilines is 1. The molecule has 1 saturated heterocycles. The van der Waals surface area contributed by atoms with Crippen molar-refractivity contribution in [3.8, 4) is 0 Å². The van der Waals surface area contributed by atoms with Crippen molar-refractivity contribution in [3.63, 3.8) is 0 Å². The molecule has 3 aromatic rings. The van der Waals surface area contributed by atoms with Gasteiger partial charge in [0.1, 0.15) is 11.4 Å². The minimum Gasteiger partial charge on any atom is -0.363 e. The van der Waals surface area contributed by atoms with E-state index >= 15 is 0 Å². The van der Waals surface area contributed by atoms with Gasteiger partial charge in [-0.1, -0.05) is 48.5 Å². The fraction of sp³-hybridized carbons (Fsp3) is 0.385. The molecule has 3 heterocycles. The Labute approximate surface area is 200 Å². The Morgan fingerprint density at radius 3 is 2.26 bits per heavy atom. The normalized spacial score (nSPS) is 20.4. The number of carbonyl (C=O) groups is 1. The number of piperidine rings is 1. The van der Waals surface area contributed by atoms with E-state index in [0.29, 0.717) is 36.4 Å². The SMILES string of the molecule is CC1(C)CC(c2ccccc2)Nc2c(C(=O)N3CCC(S(=O)(=O)c4ccccc4)CC3)cnn21. The molecule has 178 valence electrons. The second kappa shape index (κ2) is 8.58. The quantitative estimate of drug-likeness (QED) is 0.606. The molecule has 0 spiro atoms. The van der Waals surface area contributed by atoms with E-state index in [1.54, 1.807) is 35.4 Å². The molecular formula is C26H30N4O3S. The molecule has 0 aliphatic carbocycles. The number of benzene rings is 2. The average Bonchev–Trinajstić information content (AvgIpc) is 3.29. The number of nitrogens with zero attached hydrogens (tertiary/aromatic N) is 3. The first-order chi connectivity index (χ1) is 16.3. The Morgan fingerprint density at radius 1 is 1.00 bits per heavy atom. The van der Waals surface area contributed by atoms with E-state index in [4.69, 9.17) is 0 Å². The second-order valence-electron chi connectivity index (χ2n) is 9.79. The van der Waals surface area contributed by atoms with Gasteiger partial charge in [0.05, 0.1) is 27.9 Å². The molecule has 2 aromatic carbocycles. The number of likely N-dealkylation sites (tertiary alicyclic amines) is 1. The molecule has 2 aliphatic heterocycles. The number of sulfone groups is 1. The predicted octanol–water partition coefficient (Wildman–Crippen LogP) is 4.25. The smallest absolute Gasteiger partial charge is 0.259 e. The standard InChI is InChI=1S/C26H30N4O3S/c1-26(2)17-23(19-9-5-3-6-10-19)28-24-22(18-27-30(24)26)25(31)29-15-13-21(14-16-29)34(32,33)20-11-7-4-8-12-20/h3-12,18,21,23,28H,13-17H2,1-2H3. The summed E-state index contributed by atoms with van der Waals surface area (Å²) in [5.41, 5.74) is 1.46. The predicted molar refractivity (Wildman–Crippen MR) is 132 cm³/mol. The van der Waals surface area contributed by atoms with Gasteiger partial charge < -0.3 is 10.2 Å². The van der Waals surface area contributed by atoms with Crippen LogP contribution >= 0.6 is 0 Å². The molecule has 1 fully saturated rings. The van der Waals surface area contributed by atoms with E-state index in [0.717, 1.165) is 12.2 Å². The van der Waals surface area contributed by atoms with Crippen molar-refractivity contribution in [1.29, 1.82) is 0 Å². The van der Waals surface area contributed by atoms with Gasteiger partial charge in [0.25, 0.3) is 5.91 Å². The summed E-state index contributed by atoms with van der Waals surface area (Å²) in [6, 6.07) is 18.9. The summed E-state index contributed by atoms with van der Waals surface area (Å²) in [4.78, 5) is 15.6. The van der Waals surface area contributed by atoms with Crippen molar-refractivity contribution in [2.45, 2.75) is 54.8 Å². The van der Waals surface area contributed by atoms with Crippen LogP contribution in [0, 0.1) is 0 Å². The Balaban J connectivity index is 1.34. The van der Waals surface area contributed by atoms with Crippen LogP contribution in [0.15, 0.2) is 71.8 Å². The molecule has 5 rings (SSSR count). The molecule has 1 aromatic heterocycles. The number of fused-ring (bicyclic) bond motifs is 1. The zero-order chi connectivity index (χ0) is 23.9. The zero-order valence-electron chi connectivity index (χ0n) is 19.5. The minimum absolute atomic E-state index is 0.0775. The van der Waals surface area contributed by atoms with Crippen LogP contribution in [0.5, 0.6) is 0 Å². The number of aromatic nitrogens is 2. The first-order valence-electron chi connectivity index (χ1n) is 11.8. The monoisotopic (exact) mass is 478 g/mol. The van der Waals surface area contributed by atoms with Crippen LogP contribution in [-0.4, -0.2) is 47.3 Å². The lowest BCUT2D eigenvalue weighted by Crippen LogP contribution is -2.43. The van der Waals surface area contributed by atoms with Gasteiger partial charge in [-0.15, -0.1) is 0 Å². The Hall–Kier alpha value is -3.13. The molecule has 34 heavy (non-hydrogen) atoms. The fourth-order valence-electron chi connectivity index (χ4n) is 5.13. The topological polar surface area (TPSA) is 84.3 Å². The number of carbonyl (C=O) groups excluding carboxylic acids is 1. The molecule has 1 N–H and O–H groups in total. The molecule has 1 unspecified atom stereocenters. The van der Waals surface area contributed by atoms with E-state index in [1.165, 1.54) is 5.56 Å². The molecule has 0 saturated carbocycles. The third-order valence-electron chi connectivity index (χ3n) is 7.03. The third-order valence-corrected chi connectivity index (χ3v) is 9.31. The molecule has 1 atom stereocenters. The first kappa shape index (κ1) is 22.7. The minimum atomic E-state index is -3.40. The summed E-state index contributed by atoms with van der Waals surface area (Å²) >= 11 is 0. The summed E-state index contributed by atoms with van der Waals surface area (Å²) in [5.74, 6) is 0.628. The van der Waals surface area contributed by atoms with Gasteiger partial charge in [-0.2, -0.15) is 5.10 Å². The maximum atomic E-state index is 13.5. The number of amides is 1. The van der Waals surface area contributed by atoms with Crippen molar-refractivity contribution in [2.75, 3.05) is 18.4 Å². The Kier molecular flexibility index (Phi) is 5.72. The van der Waals surface area contributed by atoms with E-state index in [9.17, 15) is 13.2 Å². The number of hydrogen-bond acceptors (Lipinski definition) is 5. The van der Waals surface area contributed by atoms with Gasteiger partial charge in [-0.3, -0.25) is 4.79 Å². The maximum Gasteiger partial charge on any atom is 0.259 e. The Bertz CT molecular complexity index is 1280. The van der Waals surface area contributed by atoms with Gasteiger partial charge >= 0.3 is 0 Å². The molecule has 7 nitrogen and oxygen atoms in total. The van der Waals surface area contributed by atoms with Crippen LogP contribution in [0.1, 0.15) is 55.1 Å². The number of nitrogens with one attached hydrogen (secondary N) is 1. The van der Waals surface area contributed by atoms with Crippen molar-refractivity contribution in [1.82, 2.24) is 14.7 Å². The summed E-state index contributed by atoms with van der Waals surface area (Å²) in [6.07, 6.45) is 3.35. The summed E-state index contributed by atoms with van der Waals surface area (Å²) in [6.45, 7) is 5.08. The largest absolute Gasteiger partial charge is 0.363 e. The Morgan fingerprint density at radius 2 is 1.62 bits per heavy atom. The van der Waals surface area contributed by atoms with Gasteiger partial charge in [-0.25, -0.2) is 13.1 Å². The lowest BCUT2D eigenvalue weighted by atomic mass is 9.89. The highest BCUT2D eigenvalue weighted by atomic mass is 32.2. The number of rotatable bonds is 4. The maximum absolute atomic E-state index is 13.5. The van der Waals surface area contributed by atoms with Crippen LogP contribution < -0.4 is 5.32 Å². The molecule has 2 aliphatic rings. The summed E-state index contributed by atoms with van der Waals surface area (Å²) in [5, 5.41) is 7.63. The van der Waals surface area contributed by atoms with Crippen LogP contribution in [0.4, 0.5) is 5.82 Å². The highest BCUT2D eigenvalue weighted by molar-refractivity contribution is 7.92. The van der Waals surface area contributed by atoms with Crippen molar-refractivity contribution in [2.24, 2.45) is 0 Å². The zero-order valence-corrected chi connectivity index (χ0v) is 20.3. The van der Waals surface area contributed by atoms with Crippen molar-refractivity contribution in [3.05, 3.63) is 78.0 Å². The molecule has 1 amide bonds. The highest BCUT2D eigenvalue weighted by Crippen LogP contribution is 2.40. The van der Waals surface area contributed by atoms with Crippen LogP contribution in [0.25, 0.3) is 0 Å². The first-order valence-corrected chi connectivity index (χ1v) is 13.3. The lowest BCUT2D eigenvalue weighted by molar-refractivity contribution is 0.0726. The third kappa shape index (κ3) is 4.00. The van der Waals surface area contributed by atoms with E-state index < -0.39 is 15.1 Å². The van der Waals surface area contributed by atoms with Crippen LogP contribution in [0.3, 0.4) is 0 Å². The average molecular weight is 479 g/mol. The van der Waals surface area contributed by atoms with E-state index in [-0.39, 0.29) is 17.5 Å².